The van der Waals surface area contributed by atoms with Gasteiger partial charge in [-0.3, -0.25) is 0 Å². The van der Waals surface area contributed by atoms with Gasteiger partial charge in [0.2, 0.25) is 0 Å². The number of aliphatic carboxylic acids is 1. The van der Waals surface area contributed by atoms with E-state index in [-0.39, 0.29) is 19.0 Å². The van der Waals surface area contributed by atoms with E-state index in [1.165, 1.54) is 0 Å². The summed E-state index contributed by atoms with van der Waals surface area (Å²) in [5, 5.41) is 8.23. The van der Waals surface area contributed by atoms with Gasteiger partial charge >= 0.3 is 5.97 Å². The number of rotatable bonds is 2. The predicted molar refractivity (Wildman–Crippen MR) is 30.5 cm³/mol. The average Bonchev–Trinajstić information content (AvgIpc) is 1.21. The van der Waals surface area contributed by atoms with Gasteiger partial charge in [0.25, 0.3) is 0 Å². The van der Waals surface area contributed by atoms with Crippen LogP contribution in [-0.2, 0) is 4.79 Å². The molecule has 56 valence electrons. The molecule has 0 aromatic rings. The normalized spacial score (nSPS) is 10.1. The van der Waals surface area contributed by atoms with Crippen LogP contribution < -0.4 is 12.4 Å². The van der Waals surface area contributed by atoms with Crippen LogP contribution in [0.15, 0.2) is 0 Å². The van der Waals surface area contributed by atoms with Gasteiger partial charge < -0.3 is 22.0 Å². The van der Waals surface area contributed by atoms with Crippen molar-refractivity contribution in [2.75, 3.05) is 27.7 Å². The van der Waals surface area contributed by atoms with Crippen molar-refractivity contribution in [2.45, 2.75) is 0 Å². The Hall–Kier alpha value is -0.280. The molecule has 0 unspecified atom stereocenters. The van der Waals surface area contributed by atoms with Gasteiger partial charge in [0.15, 0.2) is 6.54 Å². The van der Waals surface area contributed by atoms with Crippen LogP contribution >= 0.6 is 0 Å². The molecule has 1 N–H and O–H groups in total. The minimum absolute atomic E-state index is 0. The summed E-state index contributed by atoms with van der Waals surface area (Å²) in [6.07, 6.45) is 0. The lowest BCUT2D eigenvalue weighted by Crippen LogP contribution is -3.00. The lowest BCUT2D eigenvalue weighted by Gasteiger charge is -2.20. The van der Waals surface area contributed by atoms with Crippen molar-refractivity contribution in [1.29, 1.82) is 0 Å². The molecule has 0 aliphatic rings. The van der Waals surface area contributed by atoms with Crippen molar-refractivity contribution >= 4 is 5.97 Å². The highest BCUT2D eigenvalue weighted by Gasteiger charge is 2.11. The number of quaternary nitrogens is 1. The molecule has 0 aromatic carbocycles. The van der Waals surface area contributed by atoms with Gasteiger partial charge in [0, 0.05) is 0 Å². The standard InChI is InChI=1S/C5H11NO2.ClH/c1-6(2,3)4-5(7)8;/h4H2,1-3H3;1H/i1+2,2+2,3+2;. The molecule has 0 amide bonds. The highest BCUT2D eigenvalue weighted by atomic mass is 35.5. The van der Waals surface area contributed by atoms with E-state index in [4.69, 9.17) is 5.11 Å². The fraction of sp³-hybridized carbons (Fsp3) is 0.800. The van der Waals surface area contributed by atoms with Crippen molar-refractivity contribution in [3.63, 3.8) is 0 Å². The third-order valence-electron chi connectivity index (χ3n) is 0.610. The number of likely N-dealkylation sites (N-methyl/N-ethyl adjacent to an activating group) is 1. The fourth-order valence-corrected chi connectivity index (χ4v) is 0.406. The summed E-state index contributed by atoms with van der Waals surface area (Å²) in [5.74, 6) is -0.752. The van der Waals surface area contributed by atoms with Crippen LogP contribution in [0, 0.1) is 0 Å². The minimum Gasteiger partial charge on any atom is -1.00 e. The molecule has 0 spiro atoms. The second-order valence-electron chi connectivity index (χ2n) is 2.84. The number of nitrogens with zero attached hydrogens (tertiary/aromatic N) is 1. The Kier molecular flexibility index (Phi) is 4.72. The lowest BCUT2D eigenvalue weighted by molar-refractivity contribution is -0.862. The van der Waals surface area contributed by atoms with Crippen molar-refractivity contribution in [3.05, 3.63) is 0 Å². The Morgan fingerprint density at radius 1 is 1.44 bits per heavy atom. The quantitative estimate of drug-likeness (QED) is 0.431. The summed E-state index contributed by atoms with van der Waals surface area (Å²) < 4.78 is 0.481. The molecule has 0 fully saturated rings. The molecule has 0 radical (unpaired) electrons. The zero-order chi connectivity index (χ0) is 6.78. The van der Waals surface area contributed by atoms with Crippen LogP contribution in [0.3, 0.4) is 0 Å². The Bertz CT molecular complexity index is 97.6. The molecular formula is C5H12ClNO2. The van der Waals surface area contributed by atoms with Crippen LogP contribution in [0.2, 0.25) is 0 Å². The van der Waals surface area contributed by atoms with Crippen LogP contribution in [0.4, 0.5) is 0 Å². The molecule has 0 aliphatic carbocycles. The number of carbonyl (C=O) groups is 1. The van der Waals surface area contributed by atoms with Gasteiger partial charge in [0.05, 0.1) is 21.1 Å². The molecule has 0 heterocycles. The summed E-state index contributed by atoms with van der Waals surface area (Å²) in [5.41, 5.74) is 0. The maximum atomic E-state index is 10.00. The molecule has 4 heteroatoms. The van der Waals surface area contributed by atoms with E-state index in [1.807, 2.05) is 21.1 Å². The van der Waals surface area contributed by atoms with Crippen LogP contribution in [0.25, 0.3) is 0 Å². The molecule has 0 saturated heterocycles. The first kappa shape index (κ1) is 11.5. The summed E-state index contributed by atoms with van der Waals surface area (Å²) in [7, 11) is 5.52. The largest absolute Gasteiger partial charge is 1.00 e. The number of carboxylic acids is 1. The Morgan fingerprint density at radius 2 is 1.78 bits per heavy atom. The second kappa shape index (κ2) is 3.69. The molecule has 0 atom stereocenters. The first-order valence-corrected chi connectivity index (χ1v) is 2.44. The van der Waals surface area contributed by atoms with Gasteiger partial charge in [-0.15, -0.1) is 0 Å². The van der Waals surface area contributed by atoms with Crippen LogP contribution in [0.1, 0.15) is 0 Å². The highest BCUT2D eigenvalue weighted by Crippen LogP contribution is 1.86. The fourth-order valence-electron chi connectivity index (χ4n) is 0.406. The summed E-state index contributed by atoms with van der Waals surface area (Å²) in [6, 6.07) is 0. The van der Waals surface area contributed by atoms with Crippen molar-refractivity contribution in [1.82, 2.24) is 0 Å². The zero-order valence-electron chi connectivity index (χ0n) is 5.89. The third-order valence-corrected chi connectivity index (χ3v) is 0.610. The number of hydrogen-bond donors (Lipinski definition) is 1. The first-order chi connectivity index (χ1) is 3.42. The van der Waals surface area contributed by atoms with Crippen LogP contribution in [-0.4, -0.2) is 43.2 Å². The Morgan fingerprint density at radius 3 is 1.78 bits per heavy atom. The van der Waals surface area contributed by atoms with Gasteiger partial charge in [-0.1, -0.05) is 0 Å². The third kappa shape index (κ3) is 11.3. The summed E-state index contributed by atoms with van der Waals surface area (Å²) in [4.78, 5) is 10.00. The van der Waals surface area contributed by atoms with Gasteiger partial charge in [-0.2, -0.15) is 0 Å². The smallest absolute Gasteiger partial charge is 0.359 e. The maximum absolute atomic E-state index is 10.00. The maximum Gasteiger partial charge on any atom is 0.359 e. The molecule has 9 heavy (non-hydrogen) atoms. The molecule has 0 rings (SSSR count). The Labute approximate surface area is 61.3 Å². The highest BCUT2D eigenvalue weighted by molar-refractivity contribution is 5.67. The first-order valence-electron chi connectivity index (χ1n) is 2.44. The average molecular weight is 160 g/mol. The van der Waals surface area contributed by atoms with Gasteiger partial charge in [0.1, 0.15) is 0 Å². The van der Waals surface area contributed by atoms with E-state index < -0.39 is 5.97 Å². The SMILES string of the molecule is [14CH3][N+]([14CH3])([14CH3])CC(=O)O.[Cl-]. The molecular weight excluding hydrogens is 147 g/mol. The summed E-state index contributed by atoms with van der Waals surface area (Å²) >= 11 is 0. The molecule has 0 saturated carbocycles. The summed E-state index contributed by atoms with van der Waals surface area (Å²) in [6.45, 7) is 0.181. The van der Waals surface area contributed by atoms with E-state index in [2.05, 4.69) is 0 Å². The number of carboxylic acid groups (broad SMARTS) is 1. The topological polar surface area (TPSA) is 37.3 Å². The lowest BCUT2D eigenvalue weighted by atomic mass is 10.7. The number of hydrogen-bond acceptors (Lipinski definition) is 1. The van der Waals surface area contributed by atoms with Gasteiger partial charge in [-0.25, -0.2) is 4.79 Å². The molecule has 3 nitrogen and oxygen atoms in total. The Balaban J connectivity index is 0. The van der Waals surface area contributed by atoms with Gasteiger partial charge in [-0.05, 0) is 0 Å². The van der Waals surface area contributed by atoms with Crippen LogP contribution in [0.5, 0.6) is 0 Å². The van der Waals surface area contributed by atoms with E-state index in [1.54, 1.807) is 0 Å². The van der Waals surface area contributed by atoms with E-state index in [0.29, 0.717) is 4.48 Å². The van der Waals surface area contributed by atoms with Crippen molar-refractivity contribution < 1.29 is 26.8 Å². The predicted octanol–water partition coefficient (Wildman–Crippen LogP) is -3.22. The molecule has 0 aromatic heterocycles. The number of halogens is 1. The monoisotopic (exact) mass is 159 g/mol. The minimum atomic E-state index is -0.752. The molecule has 0 bridgehead atoms. The zero-order valence-corrected chi connectivity index (χ0v) is 6.64. The van der Waals surface area contributed by atoms with E-state index >= 15 is 0 Å². The van der Waals surface area contributed by atoms with Crippen molar-refractivity contribution in [3.8, 4) is 0 Å². The van der Waals surface area contributed by atoms with E-state index in [0.717, 1.165) is 0 Å². The van der Waals surface area contributed by atoms with E-state index in [9.17, 15) is 4.79 Å². The molecule has 0 aliphatic heterocycles. The second-order valence-corrected chi connectivity index (χ2v) is 2.84. The van der Waals surface area contributed by atoms with Crippen molar-refractivity contribution in [2.24, 2.45) is 0 Å².